The van der Waals surface area contributed by atoms with Gasteiger partial charge < -0.3 is 10.6 Å². The number of rotatable bonds is 3. The van der Waals surface area contributed by atoms with Crippen LogP contribution in [0.15, 0.2) is 24.3 Å². The number of benzene rings is 1. The number of halogens is 2. The van der Waals surface area contributed by atoms with E-state index in [4.69, 9.17) is 5.73 Å². The van der Waals surface area contributed by atoms with Crippen LogP contribution in [0.1, 0.15) is 49.3 Å². The second kappa shape index (κ2) is 5.13. The third-order valence-corrected chi connectivity index (χ3v) is 4.13. The van der Waals surface area contributed by atoms with E-state index >= 15 is 0 Å². The summed E-state index contributed by atoms with van der Waals surface area (Å²) in [5.74, 6) is 0.0988. The molecule has 1 heterocycles. The summed E-state index contributed by atoms with van der Waals surface area (Å²) >= 11 is 0. The highest BCUT2D eigenvalue weighted by Gasteiger charge is 2.43. The van der Waals surface area contributed by atoms with Crippen LogP contribution in [0.3, 0.4) is 0 Å². The van der Waals surface area contributed by atoms with Crippen molar-refractivity contribution in [2.45, 2.75) is 50.2 Å². The number of hydrogen-bond donors (Lipinski definition) is 1. The average molecular weight is 280 g/mol. The molecule has 3 nitrogen and oxygen atoms in total. The molecule has 1 aliphatic heterocycles. The second-order valence-electron chi connectivity index (χ2n) is 5.65. The van der Waals surface area contributed by atoms with Crippen LogP contribution in [0.2, 0.25) is 0 Å². The quantitative estimate of drug-likeness (QED) is 0.925. The van der Waals surface area contributed by atoms with Gasteiger partial charge in [-0.1, -0.05) is 18.2 Å². The Bertz CT molecular complexity index is 516. The van der Waals surface area contributed by atoms with Gasteiger partial charge in [0.15, 0.2) is 0 Å². The zero-order chi connectivity index (χ0) is 14.3. The fraction of sp³-hybridized carbons (Fsp3) is 0.533. The molecule has 0 aromatic heterocycles. The Hall–Kier alpha value is -1.49. The summed E-state index contributed by atoms with van der Waals surface area (Å²) < 4.78 is 25.7. The molecular weight excluding hydrogens is 262 g/mol. The van der Waals surface area contributed by atoms with Gasteiger partial charge in [-0.05, 0) is 30.9 Å². The van der Waals surface area contributed by atoms with Crippen molar-refractivity contribution in [1.82, 2.24) is 4.90 Å². The Morgan fingerprint density at radius 1 is 1.25 bits per heavy atom. The third-order valence-electron chi connectivity index (χ3n) is 4.13. The molecule has 1 amide bonds. The van der Waals surface area contributed by atoms with Crippen LogP contribution >= 0.6 is 0 Å². The monoisotopic (exact) mass is 280 g/mol. The molecule has 2 fully saturated rings. The predicted octanol–water partition coefficient (Wildman–Crippen LogP) is 2.78. The lowest BCUT2D eigenvalue weighted by Crippen LogP contribution is -2.49. The Labute approximate surface area is 116 Å². The third kappa shape index (κ3) is 2.42. The molecule has 1 aromatic carbocycles. The van der Waals surface area contributed by atoms with E-state index < -0.39 is 6.43 Å². The van der Waals surface area contributed by atoms with Gasteiger partial charge in [0.1, 0.15) is 0 Å². The number of alkyl halides is 2. The molecule has 108 valence electrons. The predicted molar refractivity (Wildman–Crippen MR) is 71.2 cm³/mol. The van der Waals surface area contributed by atoms with Crippen molar-refractivity contribution in [1.29, 1.82) is 0 Å². The first-order valence-electron chi connectivity index (χ1n) is 7.02. The number of carbonyl (C=O) groups excluding carboxylic acids is 1. The first kappa shape index (κ1) is 13.5. The Kier molecular flexibility index (Phi) is 3.46. The zero-order valence-electron chi connectivity index (χ0n) is 11.1. The molecule has 2 aliphatic rings. The van der Waals surface area contributed by atoms with Gasteiger partial charge in [-0.3, -0.25) is 4.79 Å². The summed E-state index contributed by atoms with van der Waals surface area (Å²) in [5, 5.41) is 0. The number of carbonyl (C=O) groups is 1. The van der Waals surface area contributed by atoms with E-state index in [0.29, 0.717) is 12.8 Å². The van der Waals surface area contributed by atoms with Crippen LogP contribution in [0, 0.1) is 0 Å². The number of likely N-dealkylation sites (tertiary alicyclic amines) is 1. The van der Waals surface area contributed by atoms with Gasteiger partial charge in [0.25, 0.3) is 6.43 Å². The molecule has 20 heavy (non-hydrogen) atoms. The smallest absolute Gasteiger partial charge is 0.263 e. The molecule has 0 spiro atoms. The van der Waals surface area contributed by atoms with Crippen LogP contribution in [0.5, 0.6) is 0 Å². The normalized spacial score (nSPS) is 27.2. The van der Waals surface area contributed by atoms with Crippen molar-refractivity contribution in [3.05, 3.63) is 35.4 Å². The number of nitrogens with two attached hydrogens (primary N) is 1. The maximum absolute atomic E-state index is 12.8. The van der Waals surface area contributed by atoms with Gasteiger partial charge in [0.05, 0.1) is 6.04 Å². The maximum Gasteiger partial charge on any atom is 0.263 e. The van der Waals surface area contributed by atoms with Crippen molar-refractivity contribution >= 4 is 5.91 Å². The highest BCUT2D eigenvalue weighted by atomic mass is 19.3. The highest BCUT2D eigenvalue weighted by Crippen LogP contribution is 2.40. The van der Waals surface area contributed by atoms with Crippen molar-refractivity contribution in [3.63, 3.8) is 0 Å². The summed E-state index contributed by atoms with van der Waals surface area (Å²) in [6.45, 7) is 0. The fourth-order valence-electron chi connectivity index (χ4n) is 3.01. The second-order valence-corrected chi connectivity index (χ2v) is 5.65. The first-order valence-corrected chi connectivity index (χ1v) is 7.02. The standard InChI is InChI=1S/C15H18F2N2O/c16-15(17)10-3-1-2-9(8-10)14-12(18)6-7-13(20)19(14)11-4-5-11/h1-3,8,11-12,14-15H,4-7,18H2. The van der Waals surface area contributed by atoms with Crippen LogP contribution in [0.4, 0.5) is 8.78 Å². The molecule has 5 heteroatoms. The van der Waals surface area contributed by atoms with E-state index in [1.165, 1.54) is 12.1 Å². The fourth-order valence-corrected chi connectivity index (χ4v) is 3.01. The minimum atomic E-state index is -2.50. The van der Waals surface area contributed by atoms with Crippen molar-refractivity contribution in [2.24, 2.45) is 5.73 Å². The number of piperidine rings is 1. The van der Waals surface area contributed by atoms with Gasteiger partial charge >= 0.3 is 0 Å². The van der Waals surface area contributed by atoms with Gasteiger partial charge in [0, 0.05) is 24.1 Å². The topological polar surface area (TPSA) is 46.3 Å². The summed E-state index contributed by atoms with van der Waals surface area (Å²) in [6.07, 6.45) is 0.557. The summed E-state index contributed by atoms with van der Waals surface area (Å²) in [7, 11) is 0. The lowest BCUT2D eigenvalue weighted by molar-refractivity contribution is -0.138. The lowest BCUT2D eigenvalue weighted by Gasteiger charge is -2.40. The van der Waals surface area contributed by atoms with Crippen LogP contribution in [-0.4, -0.2) is 22.9 Å². The number of nitrogens with zero attached hydrogens (tertiary/aromatic N) is 1. The van der Waals surface area contributed by atoms with E-state index in [0.717, 1.165) is 18.4 Å². The summed E-state index contributed by atoms with van der Waals surface area (Å²) in [5.41, 5.74) is 6.90. The van der Waals surface area contributed by atoms with Gasteiger partial charge in [-0.25, -0.2) is 8.78 Å². The molecule has 1 aliphatic carbocycles. The Morgan fingerprint density at radius 3 is 2.65 bits per heavy atom. The van der Waals surface area contributed by atoms with Crippen LogP contribution in [0.25, 0.3) is 0 Å². The minimum Gasteiger partial charge on any atom is -0.331 e. The summed E-state index contributed by atoms with van der Waals surface area (Å²) in [6, 6.07) is 6.12. The lowest BCUT2D eigenvalue weighted by atomic mass is 9.89. The SMILES string of the molecule is NC1CCC(=O)N(C2CC2)C1c1cccc(C(F)F)c1. The van der Waals surface area contributed by atoms with E-state index in [1.807, 2.05) is 4.90 Å². The van der Waals surface area contributed by atoms with E-state index in [-0.39, 0.29) is 29.6 Å². The van der Waals surface area contributed by atoms with E-state index in [9.17, 15) is 13.6 Å². The molecular formula is C15H18F2N2O. The Morgan fingerprint density at radius 2 is 2.00 bits per heavy atom. The van der Waals surface area contributed by atoms with Crippen molar-refractivity contribution in [3.8, 4) is 0 Å². The van der Waals surface area contributed by atoms with Crippen LogP contribution < -0.4 is 5.73 Å². The highest BCUT2D eigenvalue weighted by molar-refractivity contribution is 5.78. The number of amides is 1. The van der Waals surface area contributed by atoms with E-state index in [2.05, 4.69) is 0 Å². The molecule has 2 atom stereocenters. The molecule has 1 saturated heterocycles. The van der Waals surface area contributed by atoms with Gasteiger partial charge in [-0.2, -0.15) is 0 Å². The molecule has 2 unspecified atom stereocenters. The molecule has 1 saturated carbocycles. The van der Waals surface area contributed by atoms with Crippen molar-refractivity contribution in [2.75, 3.05) is 0 Å². The van der Waals surface area contributed by atoms with Gasteiger partial charge in [-0.15, -0.1) is 0 Å². The number of hydrogen-bond acceptors (Lipinski definition) is 2. The molecule has 0 bridgehead atoms. The maximum atomic E-state index is 12.8. The molecule has 3 rings (SSSR count). The van der Waals surface area contributed by atoms with Crippen molar-refractivity contribution < 1.29 is 13.6 Å². The molecule has 2 N–H and O–H groups in total. The first-order chi connectivity index (χ1) is 9.58. The summed E-state index contributed by atoms with van der Waals surface area (Å²) in [4.78, 5) is 14.0. The van der Waals surface area contributed by atoms with E-state index in [1.54, 1.807) is 12.1 Å². The Balaban J connectivity index is 1.95. The van der Waals surface area contributed by atoms with Crippen LogP contribution in [-0.2, 0) is 4.79 Å². The molecule has 0 radical (unpaired) electrons. The largest absolute Gasteiger partial charge is 0.331 e. The minimum absolute atomic E-state index is 0.0107. The average Bonchev–Trinajstić information content (AvgIpc) is 3.25. The van der Waals surface area contributed by atoms with Gasteiger partial charge in [0.2, 0.25) is 5.91 Å². The zero-order valence-corrected chi connectivity index (χ0v) is 11.1. The molecule has 1 aromatic rings.